The van der Waals surface area contributed by atoms with Gasteiger partial charge in [-0.25, -0.2) is 9.97 Å². The maximum absolute atomic E-state index is 13.4. The molecule has 1 saturated carbocycles. The lowest BCUT2D eigenvalue weighted by Gasteiger charge is -2.22. The van der Waals surface area contributed by atoms with E-state index in [1.54, 1.807) is 24.3 Å². The molecule has 0 aliphatic heterocycles. The number of alkyl halides is 3. The van der Waals surface area contributed by atoms with E-state index in [-0.39, 0.29) is 18.1 Å². The Balaban J connectivity index is 1.69. The van der Waals surface area contributed by atoms with Gasteiger partial charge in [0.2, 0.25) is 5.95 Å². The van der Waals surface area contributed by atoms with Crippen molar-refractivity contribution in [2.45, 2.75) is 44.8 Å². The number of anilines is 2. The van der Waals surface area contributed by atoms with E-state index in [9.17, 15) is 13.2 Å². The number of hydrogen-bond donors (Lipinski definition) is 2. The first-order valence-electron chi connectivity index (χ1n) is 9.08. The molecule has 0 radical (unpaired) electrons. The van der Waals surface area contributed by atoms with E-state index in [4.69, 9.17) is 11.6 Å². The molecule has 0 spiro atoms. The number of halogens is 4. The van der Waals surface area contributed by atoms with Crippen LogP contribution in [0, 0.1) is 5.92 Å². The highest BCUT2D eigenvalue weighted by molar-refractivity contribution is 6.30. The fraction of sp³-hybridized carbons (Fsp3) is 0.474. The summed E-state index contributed by atoms with van der Waals surface area (Å²) in [6.45, 7) is 0.822. The third-order valence-corrected chi connectivity index (χ3v) is 4.92. The number of aromatic nitrogens is 2. The fourth-order valence-electron chi connectivity index (χ4n) is 3.34. The second kappa shape index (κ2) is 8.89. The maximum Gasteiger partial charge on any atom is 0.433 e. The predicted molar refractivity (Wildman–Crippen MR) is 100 cm³/mol. The first-order chi connectivity index (χ1) is 12.9. The molecule has 0 unspecified atom stereocenters. The molecule has 8 heteroatoms. The molecule has 1 aromatic carbocycles. The minimum atomic E-state index is -4.55. The van der Waals surface area contributed by atoms with Crippen LogP contribution in [0.4, 0.5) is 24.8 Å². The highest BCUT2D eigenvalue weighted by Crippen LogP contribution is 2.31. The van der Waals surface area contributed by atoms with E-state index in [0.29, 0.717) is 16.6 Å². The lowest BCUT2D eigenvalue weighted by molar-refractivity contribution is -0.141. The number of hydrogen-bond acceptors (Lipinski definition) is 4. The minimum Gasteiger partial charge on any atom is -0.324 e. The highest BCUT2D eigenvalue weighted by Gasteiger charge is 2.36. The molecular weight excluding hydrogens is 377 g/mol. The zero-order chi connectivity index (χ0) is 19.3. The van der Waals surface area contributed by atoms with Crippen LogP contribution < -0.4 is 10.6 Å². The molecule has 2 N–H and O–H groups in total. The van der Waals surface area contributed by atoms with Crippen molar-refractivity contribution >= 4 is 23.2 Å². The Kier molecular flexibility index (Phi) is 6.55. The van der Waals surface area contributed by atoms with Gasteiger partial charge in [-0.2, -0.15) is 13.2 Å². The Labute approximate surface area is 161 Å². The molecule has 0 atom stereocenters. The average Bonchev–Trinajstić information content (AvgIpc) is 2.63. The zero-order valence-corrected chi connectivity index (χ0v) is 15.6. The van der Waals surface area contributed by atoms with Crippen molar-refractivity contribution in [3.05, 3.63) is 46.7 Å². The number of nitrogens with one attached hydrogen (secondary N) is 2. The summed E-state index contributed by atoms with van der Waals surface area (Å²) in [5.41, 5.74) is -0.341. The summed E-state index contributed by atoms with van der Waals surface area (Å²) in [5, 5.41) is 6.38. The molecule has 1 aromatic heterocycles. The van der Waals surface area contributed by atoms with E-state index >= 15 is 0 Å². The van der Waals surface area contributed by atoms with Gasteiger partial charge in [0.1, 0.15) is 0 Å². The molecule has 1 aliphatic rings. The predicted octanol–water partition coefficient (Wildman–Crippen LogP) is 5.56. The summed E-state index contributed by atoms with van der Waals surface area (Å²) < 4.78 is 40.3. The molecule has 0 bridgehead atoms. The zero-order valence-electron chi connectivity index (χ0n) is 14.8. The molecule has 3 rings (SSSR count). The van der Waals surface area contributed by atoms with Crippen LogP contribution in [0.1, 0.15) is 43.4 Å². The summed E-state index contributed by atoms with van der Waals surface area (Å²) >= 11 is 5.89. The van der Waals surface area contributed by atoms with Gasteiger partial charge in [0, 0.05) is 29.0 Å². The van der Waals surface area contributed by atoms with Crippen LogP contribution in [-0.2, 0) is 12.7 Å². The monoisotopic (exact) mass is 398 g/mol. The third-order valence-electron chi connectivity index (χ3n) is 4.69. The summed E-state index contributed by atoms with van der Waals surface area (Å²) in [4.78, 5) is 7.74. The van der Waals surface area contributed by atoms with Crippen molar-refractivity contribution in [3.63, 3.8) is 0 Å². The molecule has 27 heavy (non-hydrogen) atoms. The minimum absolute atomic E-state index is 0.0509. The SMILES string of the molecule is FC(F)(F)c1nc(Nc2cccc(Cl)c2)ncc1CNCC1CCCCC1. The van der Waals surface area contributed by atoms with Crippen molar-refractivity contribution in [2.75, 3.05) is 11.9 Å². The van der Waals surface area contributed by atoms with Crippen LogP contribution in [-0.4, -0.2) is 16.5 Å². The molecule has 146 valence electrons. The molecule has 1 aliphatic carbocycles. The Morgan fingerprint density at radius 3 is 2.63 bits per heavy atom. The average molecular weight is 399 g/mol. The van der Waals surface area contributed by atoms with Crippen LogP contribution in [0.2, 0.25) is 5.02 Å². The van der Waals surface area contributed by atoms with Gasteiger partial charge in [-0.05, 0) is 43.5 Å². The van der Waals surface area contributed by atoms with Crippen molar-refractivity contribution in [3.8, 4) is 0 Å². The fourth-order valence-corrected chi connectivity index (χ4v) is 3.53. The van der Waals surface area contributed by atoms with E-state index in [0.717, 1.165) is 19.4 Å². The van der Waals surface area contributed by atoms with Crippen LogP contribution in [0.15, 0.2) is 30.5 Å². The Morgan fingerprint density at radius 1 is 1.15 bits per heavy atom. The summed E-state index contributed by atoms with van der Waals surface area (Å²) in [7, 11) is 0. The van der Waals surface area contributed by atoms with Gasteiger partial charge in [-0.15, -0.1) is 0 Å². The van der Waals surface area contributed by atoms with E-state index in [2.05, 4.69) is 20.6 Å². The Bertz CT molecular complexity index is 761. The first kappa shape index (κ1) is 19.9. The van der Waals surface area contributed by atoms with E-state index in [1.165, 1.54) is 25.5 Å². The molecule has 1 fully saturated rings. The number of rotatable bonds is 6. The number of benzene rings is 1. The Morgan fingerprint density at radius 2 is 1.93 bits per heavy atom. The molecule has 1 heterocycles. The van der Waals surface area contributed by atoms with Crippen molar-refractivity contribution in [1.29, 1.82) is 0 Å². The quantitative estimate of drug-likeness (QED) is 0.668. The van der Waals surface area contributed by atoms with Gasteiger partial charge in [0.05, 0.1) is 0 Å². The molecule has 4 nitrogen and oxygen atoms in total. The van der Waals surface area contributed by atoms with Gasteiger partial charge in [0.25, 0.3) is 0 Å². The summed E-state index contributed by atoms with van der Waals surface area (Å²) in [6.07, 6.45) is 2.62. The lowest BCUT2D eigenvalue weighted by Crippen LogP contribution is -2.26. The summed E-state index contributed by atoms with van der Waals surface area (Å²) in [6, 6.07) is 6.65. The molecule has 2 aromatic rings. The van der Waals surface area contributed by atoms with E-state index < -0.39 is 11.9 Å². The van der Waals surface area contributed by atoms with Crippen LogP contribution in [0.3, 0.4) is 0 Å². The maximum atomic E-state index is 13.4. The van der Waals surface area contributed by atoms with Gasteiger partial charge >= 0.3 is 6.18 Å². The first-order valence-corrected chi connectivity index (χ1v) is 9.46. The molecular formula is C19H22ClF3N4. The largest absolute Gasteiger partial charge is 0.433 e. The molecule has 0 amide bonds. The third kappa shape index (κ3) is 5.81. The van der Waals surface area contributed by atoms with Crippen molar-refractivity contribution < 1.29 is 13.2 Å². The van der Waals surface area contributed by atoms with E-state index in [1.807, 2.05) is 0 Å². The van der Waals surface area contributed by atoms with Gasteiger partial charge in [-0.1, -0.05) is 36.9 Å². The summed E-state index contributed by atoms with van der Waals surface area (Å²) in [5.74, 6) is 0.429. The van der Waals surface area contributed by atoms with Crippen molar-refractivity contribution in [2.24, 2.45) is 5.92 Å². The second-order valence-corrected chi connectivity index (χ2v) is 7.27. The van der Waals surface area contributed by atoms with Gasteiger partial charge in [-0.3, -0.25) is 0 Å². The van der Waals surface area contributed by atoms with Crippen LogP contribution in [0.5, 0.6) is 0 Å². The standard InChI is InChI=1S/C19H22ClF3N4/c20-15-7-4-8-16(9-15)26-18-25-12-14(17(27-18)19(21,22)23)11-24-10-13-5-2-1-3-6-13/h4,7-9,12-13,24H,1-3,5-6,10-11H2,(H,25,26,27). The lowest BCUT2D eigenvalue weighted by atomic mass is 9.89. The van der Waals surface area contributed by atoms with Gasteiger partial charge in [0.15, 0.2) is 5.69 Å². The molecule has 0 saturated heterocycles. The smallest absolute Gasteiger partial charge is 0.324 e. The second-order valence-electron chi connectivity index (χ2n) is 6.84. The van der Waals surface area contributed by atoms with Crippen molar-refractivity contribution in [1.82, 2.24) is 15.3 Å². The van der Waals surface area contributed by atoms with Crippen LogP contribution in [0.25, 0.3) is 0 Å². The number of nitrogens with zero attached hydrogens (tertiary/aromatic N) is 2. The highest BCUT2D eigenvalue weighted by atomic mass is 35.5. The van der Waals surface area contributed by atoms with Crippen LogP contribution >= 0.6 is 11.6 Å². The topological polar surface area (TPSA) is 49.8 Å². The Hall–Kier alpha value is -1.86. The van der Waals surface area contributed by atoms with Gasteiger partial charge < -0.3 is 10.6 Å². The normalized spacial score (nSPS) is 15.7.